The zero-order valence-corrected chi connectivity index (χ0v) is 18.6. The molecule has 4 nitrogen and oxygen atoms in total. The lowest BCUT2D eigenvalue weighted by Crippen LogP contribution is -2.33. The number of benzene rings is 2. The van der Waals surface area contributed by atoms with E-state index in [2.05, 4.69) is 41.3 Å². The molecule has 0 atom stereocenters. The molecule has 3 aromatic rings. The topological polar surface area (TPSA) is 59.2 Å². The summed E-state index contributed by atoms with van der Waals surface area (Å²) in [5.74, 6) is 0.834. The van der Waals surface area contributed by atoms with E-state index < -0.39 is 0 Å². The molecule has 5 rings (SSSR count). The third-order valence-corrected chi connectivity index (χ3v) is 7.08. The van der Waals surface area contributed by atoms with Crippen LogP contribution >= 0.6 is 0 Å². The second-order valence-corrected chi connectivity index (χ2v) is 9.21. The molecular formula is C28H31N3O. The number of anilines is 1. The summed E-state index contributed by atoms with van der Waals surface area (Å²) < 4.78 is 0. The van der Waals surface area contributed by atoms with E-state index in [1.54, 1.807) is 0 Å². The fourth-order valence-electron chi connectivity index (χ4n) is 5.21. The predicted octanol–water partition coefficient (Wildman–Crippen LogP) is 5.56. The van der Waals surface area contributed by atoms with Crippen molar-refractivity contribution in [3.63, 3.8) is 0 Å². The van der Waals surface area contributed by atoms with Gasteiger partial charge in [-0.15, -0.1) is 0 Å². The summed E-state index contributed by atoms with van der Waals surface area (Å²) in [5, 5.41) is 0.878. The van der Waals surface area contributed by atoms with Gasteiger partial charge in [0.05, 0.1) is 22.5 Å². The van der Waals surface area contributed by atoms with E-state index in [1.807, 2.05) is 24.3 Å². The highest BCUT2D eigenvalue weighted by molar-refractivity contribution is 6.16. The monoisotopic (exact) mass is 425 g/mol. The van der Waals surface area contributed by atoms with E-state index in [1.165, 1.54) is 18.4 Å². The van der Waals surface area contributed by atoms with Crippen LogP contribution in [0.1, 0.15) is 53.7 Å². The number of carbonyl (C=O) groups is 1. The lowest BCUT2D eigenvalue weighted by molar-refractivity contribution is 0.102. The number of piperidine rings is 1. The molecule has 2 N–H and O–H groups in total. The van der Waals surface area contributed by atoms with E-state index >= 15 is 0 Å². The average molecular weight is 426 g/mol. The van der Waals surface area contributed by atoms with Crippen LogP contribution in [-0.4, -0.2) is 28.8 Å². The molecule has 0 unspecified atom stereocenters. The van der Waals surface area contributed by atoms with Crippen LogP contribution in [0.3, 0.4) is 0 Å². The molecule has 0 bridgehead atoms. The van der Waals surface area contributed by atoms with Crippen molar-refractivity contribution in [1.82, 2.24) is 9.88 Å². The van der Waals surface area contributed by atoms with Gasteiger partial charge in [0.25, 0.3) is 0 Å². The number of nitrogens with two attached hydrogens (primary N) is 1. The number of aromatic nitrogens is 1. The molecular weight excluding hydrogens is 394 g/mol. The Morgan fingerprint density at radius 2 is 1.75 bits per heavy atom. The normalized spacial score (nSPS) is 18.9. The summed E-state index contributed by atoms with van der Waals surface area (Å²) >= 11 is 0. The second kappa shape index (κ2) is 9.25. The first-order valence-corrected chi connectivity index (χ1v) is 11.9. The van der Waals surface area contributed by atoms with Gasteiger partial charge in [-0.05, 0) is 74.7 Å². The van der Waals surface area contributed by atoms with Crippen molar-refractivity contribution in [3.05, 3.63) is 83.1 Å². The molecule has 2 aliphatic rings. The molecule has 1 aliphatic heterocycles. The Morgan fingerprint density at radius 3 is 2.56 bits per heavy atom. The van der Waals surface area contributed by atoms with Gasteiger partial charge in [-0.2, -0.15) is 0 Å². The van der Waals surface area contributed by atoms with Crippen molar-refractivity contribution in [3.8, 4) is 0 Å². The number of hydrogen-bond acceptors (Lipinski definition) is 4. The molecule has 0 radical (unpaired) electrons. The number of carbonyl (C=O) groups excluding carboxylic acids is 1. The number of nitrogens with zero attached hydrogens (tertiary/aromatic N) is 2. The third kappa shape index (κ3) is 4.33. The van der Waals surface area contributed by atoms with Gasteiger partial charge in [0.2, 0.25) is 0 Å². The van der Waals surface area contributed by atoms with Crippen LogP contribution in [0.15, 0.2) is 66.2 Å². The molecule has 164 valence electrons. The van der Waals surface area contributed by atoms with Crippen molar-refractivity contribution < 1.29 is 4.79 Å². The predicted molar refractivity (Wildman–Crippen MR) is 131 cm³/mol. The molecule has 32 heavy (non-hydrogen) atoms. The second-order valence-electron chi connectivity index (χ2n) is 9.21. The Labute approximate surface area is 190 Å². The van der Waals surface area contributed by atoms with Crippen LogP contribution in [-0.2, 0) is 13.0 Å². The molecule has 2 aromatic carbocycles. The Morgan fingerprint density at radius 1 is 1.00 bits per heavy atom. The van der Waals surface area contributed by atoms with Gasteiger partial charge in [-0.1, -0.05) is 54.6 Å². The summed E-state index contributed by atoms with van der Waals surface area (Å²) in [6.07, 6.45) is 8.36. The molecule has 0 amide bonds. The fourth-order valence-corrected chi connectivity index (χ4v) is 5.21. The number of rotatable bonds is 5. The lowest BCUT2D eigenvalue weighted by Gasteiger charge is -2.32. The maximum atomic E-state index is 13.2. The first-order valence-electron chi connectivity index (χ1n) is 11.9. The van der Waals surface area contributed by atoms with Crippen LogP contribution in [0.2, 0.25) is 0 Å². The minimum absolute atomic E-state index is 0.0830. The smallest absolute Gasteiger partial charge is 0.192 e. The first kappa shape index (κ1) is 20.9. The number of nitrogen functional groups attached to an aromatic ring is 1. The number of para-hydroxylation sites is 1. The van der Waals surface area contributed by atoms with E-state index in [0.29, 0.717) is 11.3 Å². The van der Waals surface area contributed by atoms with Crippen molar-refractivity contribution in [1.29, 1.82) is 0 Å². The summed E-state index contributed by atoms with van der Waals surface area (Å²) in [5.41, 5.74) is 11.7. The number of likely N-dealkylation sites (tertiary alicyclic amines) is 1. The highest BCUT2D eigenvalue weighted by atomic mass is 16.1. The number of fused-ring (bicyclic) bond motifs is 2. The van der Waals surface area contributed by atoms with E-state index in [0.717, 1.165) is 73.4 Å². The molecule has 0 spiro atoms. The van der Waals surface area contributed by atoms with Gasteiger partial charge in [0, 0.05) is 11.9 Å². The minimum atomic E-state index is 0.0830. The maximum absolute atomic E-state index is 13.2. The lowest BCUT2D eigenvalue weighted by atomic mass is 9.86. The highest BCUT2D eigenvalue weighted by Gasteiger charge is 2.27. The van der Waals surface area contributed by atoms with Crippen molar-refractivity contribution in [2.24, 2.45) is 5.92 Å². The number of ketones is 1. The average Bonchev–Trinajstić information content (AvgIpc) is 2.82. The van der Waals surface area contributed by atoms with E-state index in [9.17, 15) is 4.79 Å². The maximum Gasteiger partial charge on any atom is 0.192 e. The van der Waals surface area contributed by atoms with Gasteiger partial charge < -0.3 is 5.73 Å². The molecule has 1 fully saturated rings. The molecule has 1 saturated heterocycles. The number of Topliss-reactive ketones (excluding diaryl/α,β-unsaturated/α-hetero) is 1. The quantitative estimate of drug-likeness (QED) is 0.543. The molecule has 1 aromatic heterocycles. The van der Waals surface area contributed by atoms with Gasteiger partial charge in [-0.3, -0.25) is 14.7 Å². The summed E-state index contributed by atoms with van der Waals surface area (Å²) in [6, 6.07) is 18.6. The fraction of sp³-hybridized carbons (Fsp3) is 0.357. The van der Waals surface area contributed by atoms with Crippen molar-refractivity contribution in [2.45, 2.75) is 45.1 Å². The number of pyridine rings is 1. The molecule has 1 aliphatic carbocycles. The number of aryl methyl sites for hydroxylation is 1. The first-order chi connectivity index (χ1) is 15.7. The van der Waals surface area contributed by atoms with Gasteiger partial charge in [0.15, 0.2) is 5.78 Å². The van der Waals surface area contributed by atoms with Crippen LogP contribution in [0.25, 0.3) is 10.9 Å². The minimum Gasteiger partial charge on any atom is -0.398 e. The molecule has 2 heterocycles. The van der Waals surface area contributed by atoms with Crippen molar-refractivity contribution >= 4 is 22.4 Å². The van der Waals surface area contributed by atoms with Gasteiger partial charge in [0.1, 0.15) is 0 Å². The van der Waals surface area contributed by atoms with E-state index in [4.69, 9.17) is 10.7 Å². The Bertz CT molecular complexity index is 1140. The number of hydrogen-bond donors (Lipinski definition) is 1. The van der Waals surface area contributed by atoms with Crippen LogP contribution < -0.4 is 5.73 Å². The zero-order valence-electron chi connectivity index (χ0n) is 18.6. The Balaban J connectivity index is 1.18. The summed E-state index contributed by atoms with van der Waals surface area (Å²) in [4.78, 5) is 20.5. The highest BCUT2D eigenvalue weighted by Crippen LogP contribution is 2.33. The summed E-state index contributed by atoms with van der Waals surface area (Å²) in [6.45, 7) is 3.38. The van der Waals surface area contributed by atoms with Gasteiger partial charge in [-0.25, -0.2) is 0 Å². The van der Waals surface area contributed by atoms with Gasteiger partial charge >= 0.3 is 0 Å². The van der Waals surface area contributed by atoms with E-state index in [-0.39, 0.29) is 5.78 Å². The third-order valence-electron chi connectivity index (χ3n) is 7.08. The summed E-state index contributed by atoms with van der Waals surface area (Å²) in [7, 11) is 0. The Hall–Kier alpha value is -2.98. The van der Waals surface area contributed by atoms with Crippen LogP contribution in [0.4, 0.5) is 5.69 Å². The Kier molecular flexibility index (Phi) is 6.04. The zero-order chi connectivity index (χ0) is 21.9. The number of allylic oxidation sites excluding steroid dienone is 2. The van der Waals surface area contributed by atoms with Crippen molar-refractivity contribution in [2.75, 3.05) is 18.8 Å². The molecule has 4 heteroatoms. The standard InChI is InChI=1S/C28H31N3O/c29-27-23-11-4-5-12-24(23)30-25-14-13-22(28(32)26(25)27)10-6-9-20-15-17-31(18-16-20)19-21-7-2-1-3-8-21/h1-5,7-8,10-12,20H,6,9,13-19H2,(H2,29,30). The molecule has 0 saturated carbocycles. The van der Waals surface area contributed by atoms with Crippen LogP contribution in [0, 0.1) is 5.92 Å². The van der Waals surface area contributed by atoms with Crippen LogP contribution in [0.5, 0.6) is 0 Å². The largest absolute Gasteiger partial charge is 0.398 e. The SMILES string of the molecule is Nc1c2c(nc3ccccc13)CCC(=CCCC1CCN(Cc3ccccc3)CC1)C2=O.